The second kappa shape index (κ2) is 4.28. The molecule has 1 aliphatic carbocycles. The van der Waals surface area contributed by atoms with Crippen LogP contribution in [-0.2, 0) is 0 Å². The van der Waals surface area contributed by atoms with E-state index in [0.717, 1.165) is 12.5 Å². The van der Waals surface area contributed by atoms with E-state index in [0.29, 0.717) is 5.41 Å². The topological polar surface area (TPSA) is 26.0 Å². The predicted octanol–water partition coefficient (Wildman–Crippen LogP) is 3.11. The Labute approximate surface area is 82.4 Å². The molecular weight excluding hydrogens is 158 g/mol. The van der Waals surface area contributed by atoms with Gasteiger partial charge in [-0.05, 0) is 43.6 Å². The molecule has 76 valence electrons. The first-order chi connectivity index (χ1) is 6.15. The van der Waals surface area contributed by atoms with E-state index in [2.05, 4.69) is 26.8 Å². The molecule has 0 fully saturated rings. The minimum absolute atomic E-state index is 0.416. The van der Waals surface area contributed by atoms with Crippen LogP contribution >= 0.6 is 0 Å². The van der Waals surface area contributed by atoms with Gasteiger partial charge in [0.15, 0.2) is 0 Å². The Kier molecular flexibility index (Phi) is 3.55. The Morgan fingerprint density at radius 2 is 2.23 bits per heavy atom. The lowest BCUT2D eigenvalue weighted by molar-refractivity contribution is 0.217. The molecule has 0 radical (unpaired) electrons. The van der Waals surface area contributed by atoms with Gasteiger partial charge < -0.3 is 5.73 Å². The van der Waals surface area contributed by atoms with E-state index < -0.39 is 0 Å². The average Bonchev–Trinajstić information content (AvgIpc) is 2.16. The summed E-state index contributed by atoms with van der Waals surface area (Å²) in [6.07, 6.45) is 7.39. The summed E-state index contributed by atoms with van der Waals surface area (Å²) >= 11 is 0. The standard InChI is InChI=1S/C12H23N/c1-4-11-6-10(3)7-12(5-2,8-11)9-13/h6,10H,4-5,7-9,13H2,1-3H3. The molecule has 0 aliphatic heterocycles. The largest absolute Gasteiger partial charge is 0.330 e. The molecule has 2 atom stereocenters. The van der Waals surface area contributed by atoms with Gasteiger partial charge in [-0.3, -0.25) is 0 Å². The van der Waals surface area contributed by atoms with Gasteiger partial charge in [-0.25, -0.2) is 0 Å². The SMILES string of the molecule is CCC1=CC(C)CC(CC)(CN)C1. The molecule has 1 heteroatoms. The summed E-state index contributed by atoms with van der Waals surface area (Å²) < 4.78 is 0. The van der Waals surface area contributed by atoms with Gasteiger partial charge in [-0.2, -0.15) is 0 Å². The van der Waals surface area contributed by atoms with Crippen LogP contribution in [0.4, 0.5) is 0 Å². The van der Waals surface area contributed by atoms with Crippen molar-refractivity contribution in [3.8, 4) is 0 Å². The monoisotopic (exact) mass is 181 g/mol. The maximum atomic E-state index is 5.90. The number of rotatable bonds is 3. The molecule has 0 heterocycles. The van der Waals surface area contributed by atoms with E-state index in [1.54, 1.807) is 5.57 Å². The van der Waals surface area contributed by atoms with Crippen molar-refractivity contribution in [2.75, 3.05) is 6.54 Å². The zero-order chi connectivity index (χ0) is 9.90. The van der Waals surface area contributed by atoms with Crippen molar-refractivity contribution in [1.29, 1.82) is 0 Å². The van der Waals surface area contributed by atoms with E-state index in [-0.39, 0.29) is 0 Å². The second-order valence-electron chi connectivity index (χ2n) is 4.59. The van der Waals surface area contributed by atoms with Gasteiger partial charge >= 0.3 is 0 Å². The van der Waals surface area contributed by atoms with Crippen LogP contribution in [0, 0.1) is 11.3 Å². The highest BCUT2D eigenvalue weighted by Crippen LogP contribution is 2.41. The third-order valence-corrected chi connectivity index (χ3v) is 3.51. The summed E-state index contributed by atoms with van der Waals surface area (Å²) in [5, 5.41) is 0. The number of hydrogen-bond acceptors (Lipinski definition) is 1. The molecule has 1 aliphatic rings. The fourth-order valence-corrected chi connectivity index (χ4v) is 2.57. The van der Waals surface area contributed by atoms with Crippen molar-refractivity contribution >= 4 is 0 Å². The summed E-state index contributed by atoms with van der Waals surface area (Å²) in [6, 6.07) is 0. The Balaban J connectivity index is 2.77. The zero-order valence-electron chi connectivity index (χ0n) is 9.27. The van der Waals surface area contributed by atoms with Crippen molar-refractivity contribution in [2.24, 2.45) is 17.1 Å². The molecule has 0 saturated heterocycles. The van der Waals surface area contributed by atoms with Crippen LogP contribution in [0.25, 0.3) is 0 Å². The molecule has 0 aromatic heterocycles. The Morgan fingerprint density at radius 1 is 1.54 bits per heavy atom. The van der Waals surface area contributed by atoms with Crippen LogP contribution < -0.4 is 5.73 Å². The fourth-order valence-electron chi connectivity index (χ4n) is 2.57. The van der Waals surface area contributed by atoms with Crippen molar-refractivity contribution in [3.63, 3.8) is 0 Å². The van der Waals surface area contributed by atoms with Gasteiger partial charge in [-0.1, -0.05) is 32.4 Å². The lowest BCUT2D eigenvalue weighted by Crippen LogP contribution is -2.34. The number of nitrogens with two attached hydrogens (primary N) is 1. The Hall–Kier alpha value is -0.300. The van der Waals surface area contributed by atoms with E-state index >= 15 is 0 Å². The van der Waals surface area contributed by atoms with E-state index in [9.17, 15) is 0 Å². The van der Waals surface area contributed by atoms with Crippen molar-refractivity contribution < 1.29 is 0 Å². The molecule has 0 saturated carbocycles. The highest BCUT2D eigenvalue weighted by atomic mass is 14.6. The molecule has 1 nitrogen and oxygen atoms in total. The second-order valence-corrected chi connectivity index (χ2v) is 4.59. The van der Waals surface area contributed by atoms with Crippen LogP contribution in [0.5, 0.6) is 0 Å². The van der Waals surface area contributed by atoms with Crippen LogP contribution in [0.1, 0.15) is 46.5 Å². The summed E-state index contributed by atoms with van der Waals surface area (Å²) in [5.41, 5.74) is 7.93. The molecule has 1 rings (SSSR count). The number of allylic oxidation sites excluding steroid dienone is 2. The first-order valence-electron chi connectivity index (χ1n) is 5.55. The lowest BCUT2D eigenvalue weighted by atomic mass is 9.68. The maximum absolute atomic E-state index is 5.90. The minimum Gasteiger partial charge on any atom is -0.330 e. The Morgan fingerprint density at radius 3 is 2.69 bits per heavy atom. The quantitative estimate of drug-likeness (QED) is 0.665. The van der Waals surface area contributed by atoms with Crippen molar-refractivity contribution in [3.05, 3.63) is 11.6 Å². The normalized spacial score (nSPS) is 34.5. The van der Waals surface area contributed by atoms with Crippen molar-refractivity contribution in [1.82, 2.24) is 0 Å². The highest BCUT2D eigenvalue weighted by Gasteiger charge is 2.31. The van der Waals surface area contributed by atoms with Crippen LogP contribution in [0.3, 0.4) is 0 Å². The molecule has 2 unspecified atom stereocenters. The van der Waals surface area contributed by atoms with E-state index in [4.69, 9.17) is 5.73 Å². The fraction of sp³-hybridized carbons (Fsp3) is 0.833. The zero-order valence-corrected chi connectivity index (χ0v) is 9.27. The molecule has 0 spiro atoms. The maximum Gasteiger partial charge on any atom is -0.00173 e. The summed E-state index contributed by atoms with van der Waals surface area (Å²) in [5.74, 6) is 0.729. The van der Waals surface area contributed by atoms with Gasteiger partial charge in [0.25, 0.3) is 0 Å². The molecule has 0 bridgehead atoms. The molecule has 0 aromatic rings. The smallest absolute Gasteiger partial charge is 0.00173 e. The van der Waals surface area contributed by atoms with E-state index in [1.165, 1.54) is 25.7 Å². The highest BCUT2D eigenvalue weighted by molar-refractivity contribution is 5.12. The number of hydrogen-bond donors (Lipinski definition) is 1. The van der Waals surface area contributed by atoms with Crippen molar-refractivity contribution in [2.45, 2.75) is 46.5 Å². The average molecular weight is 181 g/mol. The van der Waals surface area contributed by atoms with Gasteiger partial charge in [-0.15, -0.1) is 0 Å². The summed E-state index contributed by atoms with van der Waals surface area (Å²) in [6.45, 7) is 7.69. The Bertz CT molecular complexity index is 189. The van der Waals surface area contributed by atoms with Gasteiger partial charge in [0, 0.05) is 0 Å². The van der Waals surface area contributed by atoms with Crippen LogP contribution in [-0.4, -0.2) is 6.54 Å². The molecular formula is C12H23N. The third kappa shape index (κ3) is 2.34. The van der Waals surface area contributed by atoms with E-state index in [1.807, 2.05) is 0 Å². The lowest BCUT2D eigenvalue weighted by Gasteiger charge is -2.38. The molecule has 13 heavy (non-hydrogen) atoms. The predicted molar refractivity (Wildman–Crippen MR) is 58.6 cm³/mol. The van der Waals surface area contributed by atoms with Gasteiger partial charge in [0.1, 0.15) is 0 Å². The molecule has 0 aromatic carbocycles. The first kappa shape index (κ1) is 10.8. The van der Waals surface area contributed by atoms with Crippen LogP contribution in [0.2, 0.25) is 0 Å². The molecule has 0 amide bonds. The van der Waals surface area contributed by atoms with Gasteiger partial charge in [0.2, 0.25) is 0 Å². The third-order valence-electron chi connectivity index (χ3n) is 3.51. The first-order valence-corrected chi connectivity index (χ1v) is 5.55. The molecule has 2 N–H and O–H groups in total. The summed E-state index contributed by atoms with van der Waals surface area (Å²) in [4.78, 5) is 0. The van der Waals surface area contributed by atoms with Crippen LogP contribution in [0.15, 0.2) is 11.6 Å². The minimum atomic E-state index is 0.416. The van der Waals surface area contributed by atoms with Gasteiger partial charge in [0.05, 0.1) is 0 Å². The summed E-state index contributed by atoms with van der Waals surface area (Å²) in [7, 11) is 0.